The predicted molar refractivity (Wildman–Crippen MR) is 55.5 cm³/mol. The van der Waals surface area contributed by atoms with E-state index in [0.717, 1.165) is 19.3 Å². The Morgan fingerprint density at radius 1 is 1.38 bits per heavy atom. The fraction of sp³-hybridized carbons (Fsp3) is 0.818. The summed E-state index contributed by atoms with van der Waals surface area (Å²) >= 11 is 0. The number of aliphatic hydroxyl groups is 2. The summed E-state index contributed by atoms with van der Waals surface area (Å²) < 4.78 is 0. The molecule has 3 unspecified atom stereocenters. The number of hydrogen-bond acceptors (Lipinski definition) is 2. The van der Waals surface area contributed by atoms with Crippen molar-refractivity contribution in [3.8, 4) is 0 Å². The van der Waals surface area contributed by atoms with Crippen LogP contribution in [0.3, 0.4) is 0 Å². The Morgan fingerprint density at radius 2 is 2.00 bits per heavy atom. The van der Waals surface area contributed by atoms with Crippen molar-refractivity contribution in [2.45, 2.75) is 51.7 Å². The van der Waals surface area contributed by atoms with Crippen LogP contribution < -0.4 is 0 Å². The van der Waals surface area contributed by atoms with Gasteiger partial charge in [0.05, 0.1) is 12.2 Å². The molecule has 0 radical (unpaired) electrons. The second kappa shape index (κ2) is 7.10. The maximum absolute atomic E-state index is 9.67. The summed E-state index contributed by atoms with van der Waals surface area (Å²) in [5.41, 5.74) is 0. The molecule has 2 nitrogen and oxygen atoms in total. The molecule has 3 atom stereocenters. The van der Waals surface area contributed by atoms with Gasteiger partial charge in [0.2, 0.25) is 0 Å². The summed E-state index contributed by atoms with van der Waals surface area (Å²) in [6.45, 7) is 7.52. The molecule has 0 aliphatic heterocycles. The fourth-order valence-electron chi connectivity index (χ4n) is 1.43. The van der Waals surface area contributed by atoms with Crippen molar-refractivity contribution in [1.29, 1.82) is 0 Å². The minimum atomic E-state index is -0.441. The van der Waals surface area contributed by atoms with E-state index in [4.69, 9.17) is 5.11 Å². The van der Waals surface area contributed by atoms with E-state index in [0.29, 0.717) is 6.42 Å². The largest absolute Gasteiger partial charge is 0.393 e. The highest BCUT2D eigenvalue weighted by Crippen LogP contribution is 2.17. The van der Waals surface area contributed by atoms with Gasteiger partial charge in [0.25, 0.3) is 0 Å². The van der Waals surface area contributed by atoms with E-state index in [1.54, 1.807) is 13.0 Å². The summed E-state index contributed by atoms with van der Waals surface area (Å²) in [7, 11) is 0. The SMILES string of the molecule is C=CC(CCCC)C(O)CC(C)O. The molecular weight excluding hydrogens is 164 g/mol. The first kappa shape index (κ1) is 12.7. The monoisotopic (exact) mass is 186 g/mol. The minimum absolute atomic E-state index is 0.134. The Kier molecular flexibility index (Phi) is 6.92. The molecule has 0 aliphatic carbocycles. The highest BCUT2D eigenvalue weighted by atomic mass is 16.3. The maximum atomic E-state index is 9.67. The highest BCUT2D eigenvalue weighted by molar-refractivity contribution is 4.85. The molecule has 0 bridgehead atoms. The molecule has 0 aromatic heterocycles. The molecule has 0 aromatic rings. The molecule has 0 aromatic carbocycles. The van der Waals surface area contributed by atoms with Gasteiger partial charge in [-0.2, -0.15) is 0 Å². The van der Waals surface area contributed by atoms with Crippen molar-refractivity contribution in [2.75, 3.05) is 0 Å². The third-order valence-electron chi connectivity index (χ3n) is 2.27. The Bertz CT molecular complexity index is 132. The van der Waals surface area contributed by atoms with Crippen LogP contribution in [0.4, 0.5) is 0 Å². The normalized spacial score (nSPS) is 17.8. The molecule has 0 saturated heterocycles. The Labute approximate surface area is 81.3 Å². The van der Waals surface area contributed by atoms with Gasteiger partial charge in [-0.05, 0) is 19.8 Å². The van der Waals surface area contributed by atoms with Crippen LogP contribution in [0.25, 0.3) is 0 Å². The van der Waals surface area contributed by atoms with Crippen molar-refractivity contribution >= 4 is 0 Å². The van der Waals surface area contributed by atoms with Crippen LogP contribution in [0, 0.1) is 5.92 Å². The molecule has 2 heteroatoms. The lowest BCUT2D eigenvalue weighted by Gasteiger charge is -2.20. The summed E-state index contributed by atoms with van der Waals surface area (Å²) in [5, 5.41) is 18.8. The smallest absolute Gasteiger partial charge is 0.0627 e. The Morgan fingerprint density at radius 3 is 2.38 bits per heavy atom. The first-order chi connectivity index (χ1) is 6.11. The van der Waals surface area contributed by atoms with Crippen molar-refractivity contribution in [3.05, 3.63) is 12.7 Å². The minimum Gasteiger partial charge on any atom is -0.393 e. The van der Waals surface area contributed by atoms with Crippen LogP contribution in [-0.2, 0) is 0 Å². The first-order valence-corrected chi connectivity index (χ1v) is 5.10. The predicted octanol–water partition coefficient (Wildman–Crippen LogP) is 2.11. The first-order valence-electron chi connectivity index (χ1n) is 5.10. The zero-order valence-electron chi connectivity index (χ0n) is 8.74. The van der Waals surface area contributed by atoms with Gasteiger partial charge in [-0.15, -0.1) is 6.58 Å². The molecule has 2 N–H and O–H groups in total. The molecule has 0 rings (SSSR count). The van der Waals surface area contributed by atoms with Gasteiger partial charge < -0.3 is 10.2 Å². The molecule has 0 heterocycles. The fourth-order valence-corrected chi connectivity index (χ4v) is 1.43. The third kappa shape index (κ3) is 5.83. The molecule has 0 aliphatic rings. The van der Waals surface area contributed by atoms with Gasteiger partial charge in [-0.25, -0.2) is 0 Å². The lowest BCUT2D eigenvalue weighted by Crippen LogP contribution is -2.23. The average Bonchev–Trinajstić information content (AvgIpc) is 2.04. The van der Waals surface area contributed by atoms with Gasteiger partial charge >= 0.3 is 0 Å². The van der Waals surface area contributed by atoms with Gasteiger partial charge in [0.1, 0.15) is 0 Å². The summed E-state index contributed by atoms with van der Waals surface area (Å²) in [6, 6.07) is 0. The van der Waals surface area contributed by atoms with E-state index in [1.807, 2.05) is 0 Å². The van der Waals surface area contributed by atoms with Gasteiger partial charge in [0.15, 0.2) is 0 Å². The Hall–Kier alpha value is -0.340. The zero-order chi connectivity index (χ0) is 10.3. The van der Waals surface area contributed by atoms with Crippen molar-refractivity contribution < 1.29 is 10.2 Å². The van der Waals surface area contributed by atoms with Crippen molar-refractivity contribution in [3.63, 3.8) is 0 Å². The zero-order valence-corrected chi connectivity index (χ0v) is 8.74. The molecule has 0 amide bonds. The third-order valence-corrected chi connectivity index (χ3v) is 2.27. The van der Waals surface area contributed by atoms with Crippen LogP contribution in [0.1, 0.15) is 39.5 Å². The molecule has 0 spiro atoms. The van der Waals surface area contributed by atoms with Crippen LogP contribution in [-0.4, -0.2) is 22.4 Å². The number of unbranched alkanes of at least 4 members (excludes halogenated alkanes) is 1. The average molecular weight is 186 g/mol. The molecule has 13 heavy (non-hydrogen) atoms. The van der Waals surface area contributed by atoms with E-state index in [9.17, 15) is 5.11 Å². The standard InChI is InChI=1S/C11H22O2/c1-4-6-7-10(5-2)11(13)8-9(3)12/h5,9-13H,2,4,6-8H2,1,3H3. The Balaban J connectivity index is 3.84. The van der Waals surface area contributed by atoms with E-state index >= 15 is 0 Å². The van der Waals surface area contributed by atoms with E-state index in [1.165, 1.54) is 0 Å². The number of hydrogen-bond donors (Lipinski definition) is 2. The summed E-state index contributed by atoms with van der Waals surface area (Å²) in [6.07, 6.45) is 4.57. The number of rotatable bonds is 7. The van der Waals surface area contributed by atoms with E-state index in [2.05, 4.69) is 13.5 Å². The lowest BCUT2D eigenvalue weighted by atomic mass is 9.93. The second-order valence-corrected chi connectivity index (χ2v) is 3.69. The second-order valence-electron chi connectivity index (χ2n) is 3.69. The summed E-state index contributed by atoms with van der Waals surface area (Å²) in [5.74, 6) is 0.134. The quantitative estimate of drug-likeness (QED) is 0.598. The molecule has 78 valence electrons. The lowest BCUT2D eigenvalue weighted by molar-refractivity contribution is 0.0613. The van der Waals surface area contributed by atoms with Crippen LogP contribution in [0.2, 0.25) is 0 Å². The van der Waals surface area contributed by atoms with E-state index in [-0.39, 0.29) is 5.92 Å². The van der Waals surface area contributed by atoms with Crippen LogP contribution in [0.5, 0.6) is 0 Å². The molecule has 0 fully saturated rings. The van der Waals surface area contributed by atoms with Gasteiger partial charge in [-0.1, -0.05) is 25.8 Å². The van der Waals surface area contributed by atoms with Crippen LogP contribution in [0.15, 0.2) is 12.7 Å². The molecular formula is C11H22O2. The summed E-state index contributed by atoms with van der Waals surface area (Å²) in [4.78, 5) is 0. The topological polar surface area (TPSA) is 40.5 Å². The van der Waals surface area contributed by atoms with Crippen LogP contribution >= 0.6 is 0 Å². The van der Waals surface area contributed by atoms with E-state index < -0.39 is 12.2 Å². The highest BCUT2D eigenvalue weighted by Gasteiger charge is 2.16. The van der Waals surface area contributed by atoms with Gasteiger partial charge in [0, 0.05) is 5.92 Å². The maximum Gasteiger partial charge on any atom is 0.0627 e. The number of aliphatic hydroxyl groups excluding tert-OH is 2. The van der Waals surface area contributed by atoms with Crippen molar-refractivity contribution in [1.82, 2.24) is 0 Å². The van der Waals surface area contributed by atoms with Gasteiger partial charge in [-0.3, -0.25) is 0 Å². The molecule has 0 saturated carbocycles. The van der Waals surface area contributed by atoms with Crippen molar-refractivity contribution in [2.24, 2.45) is 5.92 Å².